The Hall–Kier alpha value is -1.55. The van der Waals surface area contributed by atoms with E-state index < -0.39 is 0 Å². The third-order valence-electron chi connectivity index (χ3n) is 2.68. The summed E-state index contributed by atoms with van der Waals surface area (Å²) in [6, 6.07) is 8.46. The Balaban J connectivity index is 2.00. The second-order valence-corrected chi connectivity index (χ2v) is 5.69. The van der Waals surface area contributed by atoms with Crippen molar-refractivity contribution >= 4 is 17.2 Å². The third-order valence-corrected chi connectivity index (χ3v) is 3.70. The zero-order chi connectivity index (χ0) is 13.0. The Morgan fingerprint density at radius 1 is 1.39 bits per heavy atom. The number of nitrogens with one attached hydrogen (secondary N) is 1. The molecule has 0 saturated carbocycles. The Kier molecular flexibility index (Phi) is 4.20. The summed E-state index contributed by atoms with van der Waals surface area (Å²) in [5, 5.41) is 3.39. The standard InChI is InChI=1S/C14H18N2OS/c1-10(9-12-7-6-11(2)18-12)16-14-13(17-3)5-4-8-15-14/h4-8,10H,9H2,1-3H3,(H,15,16). The quantitative estimate of drug-likeness (QED) is 0.895. The van der Waals surface area contributed by atoms with E-state index in [4.69, 9.17) is 4.74 Å². The van der Waals surface area contributed by atoms with Crippen LogP contribution in [-0.4, -0.2) is 18.1 Å². The monoisotopic (exact) mass is 262 g/mol. The number of thiophene rings is 1. The number of methoxy groups -OCH3 is 1. The normalized spacial score (nSPS) is 12.2. The zero-order valence-corrected chi connectivity index (χ0v) is 11.8. The van der Waals surface area contributed by atoms with Gasteiger partial charge in [0.15, 0.2) is 11.6 Å². The number of hydrogen-bond donors (Lipinski definition) is 1. The molecule has 0 aromatic carbocycles. The largest absolute Gasteiger partial charge is 0.493 e. The van der Waals surface area contributed by atoms with Crippen LogP contribution in [0.15, 0.2) is 30.5 Å². The first-order valence-electron chi connectivity index (χ1n) is 6.00. The van der Waals surface area contributed by atoms with Crippen molar-refractivity contribution in [3.05, 3.63) is 40.2 Å². The van der Waals surface area contributed by atoms with E-state index in [1.165, 1.54) is 9.75 Å². The lowest BCUT2D eigenvalue weighted by Gasteiger charge is -2.15. The zero-order valence-electron chi connectivity index (χ0n) is 10.9. The minimum absolute atomic E-state index is 0.326. The molecule has 0 amide bonds. The van der Waals surface area contributed by atoms with Gasteiger partial charge in [-0.2, -0.15) is 0 Å². The Morgan fingerprint density at radius 2 is 2.22 bits per heavy atom. The van der Waals surface area contributed by atoms with Gasteiger partial charge in [-0.3, -0.25) is 0 Å². The SMILES string of the molecule is COc1cccnc1NC(C)Cc1ccc(C)s1. The van der Waals surface area contributed by atoms with E-state index in [1.807, 2.05) is 23.5 Å². The van der Waals surface area contributed by atoms with Crippen molar-refractivity contribution in [3.8, 4) is 5.75 Å². The summed E-state index contributed by atoms with van der Waals surface area (Å²) in [5.41, 5.74) is 0. The highest BCUT2D eigenvalue weighted by Gasteiger charge is 2.09. The number of hydrogen-bond acceptors (Lipinski definition) is 4. The van der Waals surface area contributed by atoms with E-state index in [1.54, 1.807) is 13.3 Å². The molecule has 0 aliphatic rings. The molecular formula is C14H18N2OS. The first-order valence-corrected chi connectivity index (χ1v) is 6.81. The molecule has 2 heterocycles. The topological polar surface area (TPSA) is 34.1 Å². The maximum absolute atomic E-state index is 5.28. The van der Waals surface area contributed by atoms with Crippen LogP contribution >= 0.6 is 11.3 Å². The van der Waals surface area contributed by atoms with Crippen molar-refractivity contribution in [2.45, 2.75) is 26.3 Å². The van der Waals surface area contributed by atoms with E-state index in [0.29, 0.717) is 6.04 Å². The van der Waals surface area contributed by atoms with Crippen molar-refractivity contribution in [1.82, 2.24) is 4.98 Å². The second kappa shape index (κ2) is 5.87. The van der Waals surface area contributed by atoms with Crippen molar-refractivity contribution in [3.63, 3.8) is 0 Å². The van der Waals surface area contributed by atoms with E-state index >= 15 is 0 Å². The summed E-state index contributed by atoms with van der Waals surface area (Å²) in [5.74, 6) is 1.59. The molecule has 0 aliphatic carbocycles. The molecule has 4 heteroatoms. The smallest absolute Gasteiger partial charge is 0.168 e. The van der Waals surface area contributed by atoms with Crippen LogP contribution in [-0.2, 0) is 6.42 Å². The van der Waals surface area contributed by atoms with Crippen LogP contribution < -0.4 is 10.1 Å². The molecule has 1 atom stereocenters. The molecule has 3 nitrogen and oxygen atoms in total. The predicted octanol–water partition coefficient (Wildman–Crippen LogP) is 3.50. The minimum atomic E-state index is 0.326. The van der Waals surface area contributed by atoms with Gasteiger partial charge in [0.05, 0.1) is 7.11 Å². The van der Waals surface area contributed by atoms with Crippen molar-refractivity contribution in [2.75, 3.05) is 12.4 Å². The van der Waals surface area contributed by atoms with E-state index in [0.717, 1.165) is 18.0 Å². The molecule has 18 heavy (non-hydrogen) atoms. The summed E-state index contributed by atoms with van der Waals surface area (Å²) < 4.78 is 5.28. The number of ether oxygens (including phenoxy) is 1. The average molecular weight is 262 g/mol. The van der Waals surface area contributed by atoms with E-state index in [2.05, 4.69) is 36.3 Å². The van der Waals surface area contributed by atoms with Crippen LogP contribution in [0.5, 0.6) is 5.75 Å². The summed E-state index contributed by atoms with van der Waals surface area (Å²) >= 11 is 1.84. The molecule has 0 spiro atoms. The fourth-order valence-electron chi connectivity index (χ4n) is 1.84. The lowest BCUT2D eigenvalue weighted by atomic mass is 10.2. The van der Waals surface area contributed by atoms with Gasteiger partial charge in [-0.25, -0.2) is 4.98 Å². The molecular weight excluding hydrogens is 244 g/mol. The molecule has 0 bridgehead atoms. The first kappa shape index (κ1) is 12.9. The number of pyridine rings is 1. The molecule has 2 rings (SSSR count). The summed E-state index contributed by atoms with van der Waals surface area (Å²) in [7, 11) is 1.66. The fourth-order valence-corrected chi connectivity index (χ4v) is 2.86. The van der Waals surface area contributed by atoms with Crippen LogP contribution in [0.4, 0.5) is 5.82 Å². The van der Waals surface area contributed by atoms with Crippen molar-refractivity contribution < 1.29 is 4.74 Å². The molecule has 0 radical (unpaired) electrons. The van der Waals surface area contributed by atoms with E-state index in [9.17, 15) is 0 Å². The second-order valence-electron chi connectivity index (χ2n) is 4.32. The molecule has 0 saturated heterocycles. The average Bonchev–Trinajstić information content (AvgIpc) is 2.75. The minimum Gasteiger partial charge on any atom is -0.493 e. The summed E-state index contributed by atoms with van der Waals surface area (Å²) in [6.45, 7) is 4.29. The van der Waals surface area contributed by atoms with Gasteiger partial charge in [0.1, 0.15) is 0 Å². The highest BCUT2D eigenvalue weighted by Crippen LogP contribution is 2.23. The molecule has 0 fully saturated rings. The third kappa shape index (κ3) is 3.23. The predicted molar refractivity (Wildman–Crippen MR) is 76.6 cm³/mol. The lowest BCUT2D eigenvalue weighted by molar-refractivity contribution is 0.414. The number of nitrogens with zero attached hydrogens (tertiary/aromatic N) is 1. The molecule has 96 valence electrons. The maximum atomic E-state index is 5.28. The van der Waals surface area contributed by atoms with Gasteiger partial charge in [-0.1, -0.05) is 0 Å². The summed E-state index contributed by atoms with van der Waals surface area (Å²) in [6.07, 6.45) is 2.77. The van der Waals surface area contributed by atoms with Crippen LogP contribution in [0.3, 0.4) is 0 Å². The number of rotatable bonds is 5. The Labute approximate surface area is 112 Å². The Morgan fingerprint density at radius 3 is 2.89 bits per heavy atom. The summed E-state index contributed by atoms with van der Waals surface area (Å²) in [4.78, 5) is 7.05. The number of anilines is 1. The highest BCUT2D eigenvalue weighted by molar-refractivity contribution is 7.11. The lowest BCUT2D eigenvalue weighted by Crippen LogP contribution is -2.18. The van der Waals surface area contributed by atoms with Crippen LogP contribution in [0.2, 0.25) is 0 Å². The van der Waals surface area contributed by atoms with Gasteiger partial charge in [-0.15, -0.1) is 11.3 Å². The van der Waals surface area contributed by atoms with Gasteiger partial charge in [0.25, 0.3) is 0 Å². The van der Waals surface area contributed by atoms with Crippen LogP contribution in [0.25, 0.3) is 0 Å². The van der Waals surface area contributed by atoms with Crippen LogP contribution in [0.1, 0.15) is 16.7 Å². The van der Waals surface area contributed by atoms with Gasteiger partial charge in [-0.05, 0) is 38.1 Å². The fraction of sp³-hybridized carbons (Fsp3) is 0.357. The number of aromatic nitrogens is 1. The van der Waals surface area contributed by atoms with Gasteiger partial charge in [0, 0.05) is 28.4 Å². The van der Waals surface area contributed by atoms with Crippen molar-refractivity contribution in [2.24, 2.45) is 0 Å². The molecule has 0 aliphatic heterocycles. The first-order chi connectivity index (χ1) is 8.69. The van der Waals surface area contributed by atoms with Crippen molar-refractivity contribution in [1.29, 1.82) is 0 Å². The highest BCUT2D eigenvalue weighted by atomic mass is 32.1. The molecule has 2 aromatic heterocycles. The maximum Gasteiger partial charge on any atom is 0.168 e. The van der Waals surface area contributed by atoms with Crippen LogP contribution in [0, 0.1) is 6.92 Å². The molecule has 2 aromatic rings. The Bertz CT molecular complexity index is 510. The van der Waals surface area contributed by atoms with Gasteiger partial charge >= 0.3 is 0 Å². The van der Waals surface area contributed by atoms with E-state index in [-0.39, 0.29) is 0 Å². The molecule has 1 N–H and O–H groups in total. The molecule has 1 unspecified atom stereocenters. The van der Waals surface area contributed by atoms with Gasteiger partial charge < -0.3 is 10.1 Å². The van der Waals surface area contributed by atoms with Gasteiger partial charge in [0.2, 0.25) is 0 Å². The number of aryl methyl sites for hydroxylation is 1.